The highest BCUT2D eigenvalue weighted by Gasteiger charge is 2.37. The number of aromatic amines is 2. The molecule has 0 aliphatic carbocycles. The largest absolute Gasteiger partial charge is 0.416 e. The fraction of sp³-hybridized carbons (Fsp3) is 0.348. The molecule has 0 bridgehead atoms. The third-order valence-corrected chi connectivity index (χ3v) is 16.2. The van der Waals surface area contributed by atoms with E-state index in [1.165, 1.54) is 72.8 Å². The number of para-hydroxylation sites is 4. The van der Waals surface area contributed by atoms with E-state index >= 15 is 0 Å². The number of aromatic nitrogens is 4. The summed E-state index contributed by atoms with van der Waals surface area (Å²) >= 11 is 0. The van der Waals surface area contributed by atoms with Crippen LogP contribution in [0, 0.1) is 17.5 Å². The number of hydrogen-bond donors (Lipinski definition) is 3. The number of halogens is 6. The number of piperidine rings is 2. The van der Waals surface area contributed by atoms with E-state index in [1.54, 1.807) is 16.7 Å². The predicted molar refractivity (Wildman–Crippen MR) is 316 cm³/mol. The number of nitrogens with one attached hydrogen (secondary N) is 2. The van der Waals surface area contributed by atoms with Crippen molar-refractivity contribution in [2.75, 3.05) is 58.9 Å². The Morgan fingerprint density at radius 2 is 1.00 bits per heavy atom. The number of carbonyl (C=O) groups excluding carboxylic acids is 3. The zero-order valence-corrected chi connectivity index (χ0v) is 47.1. The molecule has 8 aromatic rings. The number of alkyl halides is 3. The number of rotatable bonds is 18. The van der Waals surface area contributed by atoms with Crippen LogP contribution >= 0.6 is 0 Å². The number of carbonyl (C=O) groups is 3. The van der Waals surface area contributed by atoms with Crippen LogP contribution in [-0.2, 0) is 11.8 Å². The second kappa shape index (κ2) is 28.3. The summed E-state index contributed by atoms with van der Waals surface area (Å²) in [5, 5.41) is 10.9. The lowest BCUT2D eigenvalue weighted by atomic mass is 9.83. The van der Waals surface area contributed by atoms with Gasteiger partial charge in [-0.2, -0.15) is 13.2 Å². The van der Waals surface area contributed by atoms with Crippen molar-refractivity contribution in [2.24, 2.45) is 0 Å². The molecule has 3 aliphatic heterocycles. The molecule has 2 fully saturated rings. The number of ketones is 3. The minimum absolute atomic E-state index is 0.0375. The first-order valence-corrected chi connectivity index (χ1v) is 28.9. The molecule has 446 valence electrons. The summed E-state index contributed by atoms with van der Waals surface area (Å²) in [6, 6.07) is 37.5. The molecule has 85 heavy (non-hydrogen) atoms. The minimum atomic E-state index is -4.44. The van der Waals surface area contributed by atoms with Crippen LogP contribution in [0.15, 0.2) is 161 Å². The molecule has 3 aliphatic rings. The highest BCUT2D eigenvalue weighted by Crippen LogP contribution is 2.37. The molecule has 0 saturated carbocycles. The predicted octanol–water partition coefficient (Wildman–Crippen LogP) is 12.2. The molecule has 0 amide bonds. The molecule has 5 heterocycles. The zero-order chi connectivity index (χ0) is 60.1. The molecule has 0 radical (unpaired) electrons. The van der Waals surface area contributed by atoms with Gasteiger partial charge >= 0.3 is 17.6 Å². The molecule has 0 atom stereocenters. The van der Waals surface area contributed by atoms with Crippen molar-refractivity contribution < 1.29 is 45.8 Å². The zero-order valence-electron chi connectivity index (χ0n) is 47.1. The number of hydrogen-bond acceptors (Lipinski definition) is 9. The van der Waals surface area contributed by atoms with Crippen molar-refractivity contribution in [1.29, 1.82) is 0 Å². The summed E-state index contributed by atoms with van der Waals surface area (Å²) < 4.78 is 81.3. The van der Waals surface area contributed by atoms with Crippen LogP contribution in [0.1, 0.15) is 119 Å². The van der Waals surface area contributed by atoms with Gasteiger partial charge in [-0.25, -0.2) is 22.8 Å². The lowest BCUT2D eigenvalue weighted by Crippen LogP contribution is -2.43. The number of nitrogens with zero attached hydrogens (tertiary/aromatic N) is 5. The van der Waals surface area contributed by atoms with Gasteiger partial charge in [0.25, 0.3) is 0 Å². The SMILES string of the molecule is O=C(CCCN1CC=C(n2c(=O)[nH]c3ccccc32)CC1)c1ccc(F)cc1.O=C(CCCN1CCC(O)(c2cccc(C(F)(F)F)c2)CC1)c1ccc(F)cc1.O=C(CCCN1CCC(n2c(=O)[nH]c3ccccc32)CC1)c1ccc(F)cc1. The Kier molecular flexibility index (Phi) is 20.5. The Morgan fingerprint density at radius 1 is 0.541 bits per heavy atom. The van der Waals surface area contributed by atoms with E-state index in [1.807, 2.05) is 53.1 Å². The molecule has 6 aromatic carbocycles. The van der Waals surface area contributed by atoms with Gasteiger partial charge in [0, 0.05) is 93.4 Å². The molecule has 19 heteroatoms. The summed E-state index contributed by atoms with van der Waals surface area (Å²) in [7, 11) is 0. The number of benzene rings is 6. The quantitative estimate of drug-likeness (QED) is 0.0562. The lowest BCUT2D eigenvalue weighted by Gasteiger charge is -2.38. The molecular formula is C66H69F6N7O6. The van der Waals surface area contributed by atoms with Crippen LogP contribution in [0.25, 0.3) is 27.8 Å². The first kappa shape index (κ1) is 61.6. The number of Topliss-reactive ketones (excluding diaryl/α,β-unsaturated/α-hetero) is 3. The summed E-state index contributed by atoms with van der Waals surface area (Å²) in [5.41, 5.74) is 4.32. The van der Waals surface area contributed by atoms with Crippen LogP contribution in [-0.4, -0.2) is 115 Å². The summed E-state index contributed by atoms with van der Waals surface area (Å²) in [4.78, 5) is 73.7. The van der Waals surface area contributed by atoms with Crippen LogP contribution in [0.4, 0.5) is 26.3 Å². The normalized spacial score (nSPS) is 16.1. The van der Waals surface area contributed by atoms with Crippen molar-refractivity contribution in [3.63, 3.8) is 0 Å². The average Bonchev–Trinajstić information content (AvgIpc) is 4.04. The van der Waals surface area contributed by atoms with E-state index in [0.717, 1.165) is 111 Å². The van der Waals surface area contributed by atoms with E-state index in [9.17, 15) is 55.4 Å². The third-order valence-electron chi connectivity index (χ3n) is 16.2. The maximum atomic E-state index is 12.9. The average molecular weight is 1170 g/mol. The van der Waals surface area contributed by atoms with Gasteiger partial charge in [0.05, 0.1) is 33.2 Å². The van der Waals surface area contributed by atoms with Crippen LogP contribution < -0.4 is 11.4 Å². The smallest absolute Gasteiger partial charge is 0.385 e. The molecule has 3 N–H and O–H groups in total. The van der Waals surface area contributed by atoms with E-state index in [4.69, 9.17) is 0 Å². The Bertz CT molecular complexity index is 3700. The molecule has 0 unspecified atom stereocenters. The second-order valence-corrected chi connectivity index (χ2v) is 22.0. The van der Waals surface area contributed by atoms with Crippen molar-refractivity contribution >= 4 is 45.1 Å². The highest BCUT2D eigenvalue weighted by molar-refractivity contribution is 5.97. The Hall–Kier alpha value is -7.97. The second-order valence-electron chi connectivity index (χ2n) is 22.0. The van der Waals surface area contributed by atoms with Gasteiger partial charge in [-0.15, -0.1) is 0 Å². The van der Waals surface area contributed by atoms with E-state index in [0.29, 0.717) is 80.4 Å². The van der Waals surface area contributed by atoms with Gasteiger partial charge in [-0.3, -0.25) is 28.4 Å². The van der Waals surface area contributed by atoms with Crippen LogP contribution in [0.5, 0.6) is 0 Å². The molecule has 2 saturated heterocycles. The fourth-order valence-electron chi connectivity index (χ4n) is 11.4. The molecule has 2 aromatic heterocycles. The third kappa shape index (κ3) is 16.3. The van der Waals surface area contributed by atoms with Gasteiger partial charge in [0.1, 0.15) is 17.5 Å². The monoisotopic (exact) mass is 1170 g/mol. The van der Waals surface area contributed by atoms with E-state index < -0.39 is 17.3 Å². The minimum Gasteiger partial charge on any atom is -0.385 e. The van der Waals surface area contributed by atoms with Gasteiger partial charge in [-0.05, 0) is 179 Å². The fourth-order valence-corrected chi connectivity index (χ4v) is 11.4. The highest BCUT2D eigenvalue weighted by atomic mass is 19.4. The molecule has 11 rings (SSSR count). The number of aliphatic hydroxyl groups is 1. The van der Waals surface area contributed by atoms with Crippen molar-refractivity contribution in [3.05, 3.63) is 218 Å². The number of H-pyrrole nitrogens is 2. The van der Waals surface area contributed by atoms with Crippen molar-refractivity contribution in [2.45, 2.75) is 88.4 Å². The number of likely N-dealkylation sites (tertiary alicyclic amines) is 2. The maximum absolute atomic E-state index is 12.9. The lowest BCUT2D eigenvalue weighted by molar-refractivity contribution is -0.137. The summed E-state index contributed by atoms with van der Waals surface area (Å²) in [5.74, 6) is -1.00. The topological polar surface area (TPSA) is 157 Å². The van der Waals surface area contributed by atoms with Crippen molar-refractivity contribution in [3.8, 4) is 0 Å². The van der Waals surface area contributed by atoms with Gasteiger partial charge in [0.2, 0.25) is 0 Å². The summed E-state index contributed by atoms with van der Waals surface area (Å²) in [6.45, 7) is 6.86. The van der Waals surface area contributed by atoms with Gasteiger partial charge < -0.3 is 24.9 Å². The number of imidazole rings is 2. The number of fused-ring (bicyclic) bond motifs is 2. The van der Waals surface area contributed by atoms with Gasteiger partial charge in [0.15, 0.2) is 17.3 Å². The molecule has 0 spiro atoms. The maximum Gasteiger partial charge on any atom is 0.416 e. The van der Waals surface area contributed by atoms with E-state index in [-0.39, 0.29) is 52.2 Å². The van der Waals surface area contributed by atoms with Gasteiger partial charge in [-0.1, -0.05) is 42.5 Å². The van der Waals surface area contributed by atoms with Crippen LogP contribution in [0.2, 0.25) is 0 Å². The Morgan fingerprint density at radius 3 is 1.49 bits per heavy atom. The van der Waals surface area contributed by atoms with E-state index in [2.05, 4.69) is 30.7 Å². The Balaban J connectivity index is 0.000000153. The molecular weight excluding hydrogens is 1100 g/mol. The van der Waals surface area contributed by atoms with Crippen LogP contribution in [0.3, 0.4) is 0 Å². The first-order chi connectivity index (χ1) is 40.9. The standard InChI is InChI=1S/C22H23F4NO2.C22H24FN3O2.C22H22FN3O2/c23-19-8-6-16(7-9-19)20(28)5-2-12-27-13-10-21(29,11-14-27)17-3-1-4-18(15-17)22(24,25)26;2*23-17-9-7-16(8-10-17)21(27)6-3-13-25-14-11-18(12-15-25)26-20-5-2-1-4-19(20)24-22(26)28/h1,3-4,6-9,15,29H,2,5,10-14H2;1-2,4-5,7-10,18H,3,6,11-15H2,(H,24,28);1-2,4-5,7-11H,3,6,12-15H2,(H,24,28). The first-order valence-electron chi connectivity index (χ1n) is 28.9. The Labute approximate surface area is 488 Å². The van der Waals surface area contributed by atoms with Crippen molar-refractivity contribution in [1.82, 2.24) is 33.8 Å². The summed E-state index contributed by atoms with van der Waals surface area (Å²) in [6.07, 6.45) is 4.36. The molecule has 13 nitrogen and oxygen atoms in total.